The Labute approximate surface area is 117 Å². The van der Waals surface area contributed by atoms with E-state index in [0.717, 1.165) is 5.69 Å². The van der Waals surface area contributed by atoms with E-state index in [2.05, 4.69) is 15.5 Å². The fraction of sp³-hybridized carbons (Fsp3) is 0.133. The molecule has 0 radical (unpaired) electrons. The molecule has 0 atom stereocenters. The van der Waals surface area contributed by atoms with Gasteiger partial charge in [0, 0.05) is 17.5 Å². The van der Waals surface area contributed by atoms with Crippen LogP contribution in [0.1, 0.15) is 28.5 Å². The zero-order valence-corrected chi connectivity index (χ0v) is 11.3. The molecule has 0 aliphatic carbocycles. The average molecular weight is 269 g/mol. The van der Waals surface area contributed by atoms with Gasteiger partial charge in [-0.2, -0.15) is 5.10 Å². The largest absolute Gasteiger partial charge is 0.507 e. The van der Waals surface area contributed by atoms with Gasteiger partial charge in [-0.05, 0) is 38.1 Å². The molecular weight excluding hydrogens is 254 g/mol. The van der Waals surface area contributed by atoms with E-state index in [1.807, 2.05) is 6.92 Å². The lowest BCUT2D eigenvalue weighted by atomic mass is 10.1. The van der Waals surface area contributed by atoms with E-state index in [0.29, 0.717) is 16.8 Å². The maximum atomic E-state index is 11.9. The van der Waals surface area contributed by atoms with Gasteiger partial charge in [0.25, 0.3) is 5.91 Å². The number of nitrogens with one attached hydrogen (secondary N) is 1. The minimum atomic E-state index is -0.340. The molecule has 1 heterocycles. The zero-order chi connectivity index (χ0) is 14.5. The molecule has 20 heavy (non-hydrogen) atoms. The number of amides is 1. The lowest BCUT2D eigenvalue weighted by Crippen LogP contribution is -2.19. The number of hydrogen-bond donors (Lipinski definition) is 2. The summed E-state index contributed by atoms with van der Waals surface area (Å²) in [6.07, 6.45) is 1.50. The Bertz CT molecular complexity index is 648. The van der Waals surface area contributed by atoms with E-state index in [1.165, 1.54) is 6.20 Å². The monoisotopic (exact) mass is 269 g/mol. The molecule has 0 fully saturated rings. The van der Waals surface area contributed by atoms with Crippen molar-refractivity contribution in [1.29, 1.82) is 0 Å². The van der Waals surface area contributed by atoms with E-state index < -0.39 is 0 Å². The zero-order valence-electron chi connectivity index (χ0n) is 11.3. The molecule has 0 aliphatic rings. The van der Waals surface area contributed by atoms with Crippen LogP contribution in [-0.4, -0.2) is 21.7 Å². The number of hydrogen-bond acceptors (Lipinski definition) is 4. The van der Waals surface area contributed by atoms with E-state index >= 15 is 0 Å². The smallest absolute Gasteiger partial charge is 0.272 e. The number of rotatable bonds is 3. The Morgan fingerprint density at radius 2 is 2.00 bits per heavy atom. The number of para-hydroxylation sites is 1. The normalized spacial score (nSPS) is 11.2. The first-order chi connectivity index (χ1) is 9.58. The van der Waals surface area contributed by atoms with Crippen LogP contribution >= 0.6 is 0 Å². The number of benzene rings is 1. The molecule has 0 unspecified atom stereocenters. The summed E-state index contributed by atoms with van der Waals surface area (Å²) >= 11 is 0. The fourth-order valence-electron chi connectivity index (χ4n) is 1.64. The molecule has 2 N–H and O–H groups in total. The van der Waals surface area contributed by atoms with Gasteiger partial charge in [-0.3, -0.25) is 9.78 Å². The Hall–Kier alpha value is -2.69. The molecule has 1 amide bonds. The molecule has 1 aromatic heterocycles. The predicted octanol–water partition coefficient (Wildman–Crippen LogP) is 2.25. The molecule has 5 nitrogen and oxygen atoms in total. The van der Waals surface area contributed by atoms with Gasteiger partial charge in [0.1, 0.15) is 5.75 Å². The number of aryl methyl sites for hydroxylation is 1. The quantitative estimate of drug-likeness (QED) is 0.663. The van der Waals surface area contributed by atoms with Crippen LogP contribution in [0.3, 0.4) is 0 Å². The molecule has 1 aromatic carbocycles. The molecule has 0 saturated heterocycles. The van der Waals surface area contributed by atoms with Crippen molar-refractivity contribution in [2.45, 2.75) is 13.8 Å². The van der Waals surface area contributed by atoms with E-state index in [-0.39, 0.29) is 11.7 Å². The third-order valence-corrected chi connectivity index (χ3v) is 2.79. The van der Waals surface area contributed by atoms with Crippen LogP contribution in [0.2, 0.25) is 0 Å². The molecule has 102 valence electrons. The Balaban J connectivity index is 2.11. The van der Waals surface area contributed by atoms with Gasteiger partial charge in [-0.15, -0.1) is 0 Å². The molecule has 0 spiro atoms. The number of pyridine rings is 1. The maximum absolute atomic E-state index is 11.9. The molecule has 2 aromatic rings. The van der Waals surface area contributed by atoms with Gasteiger partial charge in [-0.1, -0.05) is 12.1 Å². The van der Waals surface area contributed by atoms with Crippen LogP contribution in [0.4, 0.5) is 0 Å². The number of aromatic hydroxyl groups is 1. The number of carbonyl (C=O) groups is 1. The SMILES string of the molecule is CC(=NNC(=O)c1ccc(C)nc1)c1ccccc1O. The third-order valence-electron chi connectivity index (χ3n) is 2.79. The number of phenols is 1. The van der Waals surface area contributed by atoms with Crippen molar-refractivity contribution in [3.8, 4) is 5.75 Å². The summed E-state index contributed by atoms with van der Waals surface area (Å²) in [6, 6.07) is 10.3. The first-order valence-corrected chi connectivity index (χ1v) is 6.13. The molecular formula is C15H15N3O2. The van der Waals surface area contributed by atoms with Gasteiger partial charge in [-0.25, -0.2) is 5.43 Å². The average Bonchev–Trinajstić information content (AvgIpc) is 2.45. The second-order valence-electron chi connectivity index (χ2n) is 4.34. The second-order valence-corrected chi connectivity index (χ2v) is 4.34. The van der Waals surface area contributed by atoms with Crippen molar-refractivity contribution in [3.63, 3.8) is 0 Å². The Morgan fingerprint density at radius 1 is 1.25 bits per heavy atom. The number of hydrazone groups is 1. The summed E-state index contributed by atoms with van der Waals surface area (Å²) in [5.74, 6) is -0.215. The fourth-order valence-corrected chi connectivity index (χ4v) is 1.64. The van der Waals surface area contributed by atoms with Crippen LogP contribution < -0.4 is 5.43 Å². The van der Waals surface area contributed by atoms with Crippen molar-refractivity contribution in [1.82, 2.24) is 10.4 Å². The van der Waals surface area contributed by atoms with Gasteiger partial charge in [0.2, 0.25) is 0 Å². The summed E-state index contributed by atoms with van der Waals surface area (Å²) in [4.78, 5) is 15.9. The van der Waals surface area contributed by atoms with Crippen molar-refractivity contribution in [3.05, 3.63) is 59.4 Å². The van der Waals surface area contributed by atoms with E-state index in [4.69, 9.17) is 0 Å². The van der Waals surface area contributed by atoms with Crippen molar-refractivity contribution >= 4 is 11.6 Å². The molecule has 0 aliphatic heterocycles. The Morgan fingerprint density at radius 3 is 2.65 bits per heavy atom. The van der Waals surface area contributed by atoms with Crippen LogP contribution in [0.25, 0.3) is 0 Å². The van der Waals surface area contributed by atoms with Crippen LogP contribution in [0, 0.1) is 6.92 Å². The Kier molecular flexibility index (Phi) is 4.10. The van der Waals surface area contributed by atoms with Gasteiger partial charge < -0.3 is 5.11 Å². The first-order valence-electron chi connectivity index (χ1n) is 6.13. The highest BCUT2D eigenvalue weighted by atomic mass is 16.3. The highest BCUT2D eigenvalue weighted by molar-refractivity contribution is 6.02. The molecule has 2 rings (SSSR count). The van der Waals surface area contributed by atoms with E-state index in [1.54, 1.807) is 43.3 Å². The van der Waals surface area contributed by atoms with Crippen molar-refractivity contribution < 1.29 is 9.90 Å². The van der Waals surface area contributed by atoms with Gasteiger partial charge in [0.15, 0.2) is 0 Å². The van der Waals surface area contributed by atoms with Gasteiger partial charge >= 0.3 is 0 Å². The maximum Gasteiger partial charge on any atom is 0.272 e. The summed E-state index contributed by atoms with van der Waals surface area (Å²) in [6.45, 7) is 3.56. The molecule has 0 bridgehead atoms. The van der Waals surface area contributed by atoms with Crippen LogP contribution in [0.15, 0.2) is 47.7 Å². The van der Waals surface area contributed by atoms with Crippen LogP contribution in [0.5, 0.6) is 5.75 Å². The number of aromatic nitrogens is 1. The summed E-state index contributed by atoms with van der Waals surface area (Å²) in [5, 5.41) is 13.7. The standard InChI is InChI=1S/C15H15N3O2/c1-10-7-8-12(9-16-10)15(20)18-17-11(2)13-5-3-4-6-14(13)19/h3-9,19H,1-2H3,(H,18,20). The molecule has 5 heteroatoms. The summed E-state index contributed by atoms with van der Waals surface area (Å²) in [7, 11) is 0. The van der Waals surface area contributed by atoms with E-state index in [9.17, 15) is 9.90 Å². The predicted molar refractivity (Wildman–Crippen MR) is 76.8 cm³/mol. The highest BCUT2D eigenvalue weighted by Crippen LogP contribution is 2.16. The highest BCUT2D eigenvalue weighted by Gasteiger charge is 2.06. The van der Waals surface area contributed by atoms with Crippen molar-refractivity contribution in [2.75, 3.05) is 0 Å². The number of nitrogens with zero attached hydrogens (tertiary/aromatic N) is 2. The second kappa shape index (κ2) is 5.97. The van der Waals surface area contributed by atoms with Gasteiger partial charge in [0.05, 0.1) is 11.3 Å². The number of carbonyl (C=O) groups excluding carboxylic acids is 1. The lowest BCUT2D eigenvalue weighted by molar-refractivity contribution is 0.0954. The summed E-state index contributed by atoms with van der Waals surface area (Å²) in [5.41, 5.74) is 4.82. The minimum absolute atomic E-state index is 0.125. The van der Waals surface area contributed by atoms with Crippen molar-refractivity contribution in [2.24, 2.45) is 5.10 Å². The molecule has 0 saturated carbocycles. The topological polar surface area (TPSA) is 74.6 Å². The number of phenolic OH excluding ortho intramolecular Hbond substituents is 1. The van der Waals surface area contributed by atoms with Crippen LogP contribution in [-0.2, 0) is 0 Å². The first kappa shape index (κ1) is 13.7. The lowest BCUT2D eigenvalue weighted by Gasteiger charge is -2.04. The third kappa shape index (κ3) is 3.20. The minimum Gasteiger partial charge on any atom is -0.507 e. The summed E-state index contributed by atoms with van der Waals surface area (Å²) < 4.78 is 0.